The molecule has 4 N–H and O–H groups in total. The highest BCUT2D eigenvalue weighted by Crippen LogP contribution is 2.33. The standard InChI is InChI=1S/C27H33N4.O/c1-4-31(3,5-2)17-9-16-30-26-19-22(29)13-15-24(26)23-14-12-21(28)18-25(23)27(30)20-10-7-6-8-11-20;/h6-8,10-15,18-19,29H,4-5,9,16-17,28H2,1-3H3;/q+1;-2/p+1. The molecule has 0 bridgehead atoms. The molecule has 5 nitrogen and oxygen atoms in total. The van der Waals surface area contributed by atoms with Gasteiger partial charge in [0.15, 0.2) is 6.54 Å². The van der Waals surface area contributed by atoms with E-state index in [9.17, 15) is 0 Å². The van der Waals surface area contributed by atoms with Gasteiger partial charge >= 0.3 is 0 Å². The van der Waals surface area contributed by atoms with E-state index >= 15 is 0 Å². The maximum atomic E-state index is 6.25. The number of pyridine rings is 1. The molecule has 0 radical (unpaired) electrons. The number of quaternary nitrogens is 1. The first-order valence-corrected chi connectivity index (χ1v) is 11.3. The van der Waals surface area contributed by atoms with Gasteiger partial charge in [-0.3, -0.25) is 0 Å². The molecule has 0 amide bonds. The number of aromatic nitrogens is 1. The van der Waals surface area contributed by atoms with E-state index in [0.29, 0.717) is 0 Å². The van der Waals surface area contributed by atoms with Gasteiger partial charge in [-0.05, 0) is 50.2 Å². The summed E-state index contributed by atoms with van der Waals surface area (Å²) >= 11 is 0. The van der Waals surface area contributed by atoms with Crippen molar-refractivity contribution in [3.05, 3.63) is 66.7 Å². The summed E-state index contributed by atoms with van der Waals surface area (Å²) in [4.78, 5) is 0. The van der Waals surface area contributed by atoms with E-state index in [1.54, 1.807) is 0 Å². The van der Waals surface area contributed by atoms with Crippen LogP contribution in [-0.4, -0.2) is 31.2 Å². The molecule has 0 aliphatic carbocycles. The monoisotopic (exact) mass is 430 g/mol. The van der Waals surface area contributed by atoms with Gasteiger partial charge in [-0.2, -0.15) is 4.57 Å². The van der Waals surface area contributed by atoms with Crippen LogP contribution >= 0.6 is 0 Å². The van der Waals surface area contributed by atoms with Gasteiger partial charge in [-0.25, -0.2) is 0 Å². The number of nitrogens with zero attached hydrogens (tertiary/aromatic N) is 2. The topological polar surface area (TPSA) is 84.4 Å². The molecule has 0 fully saturated rings. The second kappa shape index (κ2) is 9.55. The molecule has 1 heterocycles. The first-order valence-electron chi connectivity index (χ1n) is 11.3. The number of nitrogen functional groups attached to an aromatic ring is 2. The van der Waals surface area contributed by atoms with Crippen LogP contribution in [0.15, 0.2) is 66.7 Å². The quantitative estimate of drug-likeness (QED) is 0.190. The Hall–Kier alpha value is -3.15. The lowest BCUT2D eigenvalue weighted by Gasteiger charge is -2.31. The van der Waals surface area contributed by atoms with Crippen molar-refractivity contribution >= 4 is 33.1 Å². The second-order valence-corrected chi connectivity index (χ2v) is 8.78. The van der Waals surface area contributed by atoms with Crippen molar-refractivity contribution in [2.24, 2.45) is 0 Å². The molecule has 32 heavy (non-hydrogen) atoms. The zero-order valence-electron chi connectivity index (χ0n) is 19.3. The fourth-order valence-corrected chi connectivity index (χ4v) is 4.55. The lowest BCUT2D eigenvalue weighted by Crippen LogP contribution is -2.46. The van der Waals surface area contributed by atoms with Crippen molar-refractivity contribution in [1.29, 1.82) is 0 Å². The number of benzene rings is 3. The zero-order chi connectivity index (χ0) is 22.0. The van der Waals surface area contributed by atoms with Crippen LogP contribution in [0.25, 0.3) is 32.9 Å². The van der Waals surface area contributed by atoms with Gasteiger partial charge < -0.3 is 21.4 Å². The predicted octanol–water partition coefficient (Wildman–Crippen LogP) is 4.87. The summed E-state index contributed by atoms with van der Waals surface area (Å²) < 4.78 is 3.54. The third-order valence-corrected chi connectivity index (χ3v) is 6.83. The molecule has 5 heteroatoms. The molecule has 1 aromatic heterocycles. The van der Waals surface area contributed by atoms with Gasteiger partial charge in [-0.1, -0.05) is 24.3 Å². The van der Waals surface area contributed by atoms with Crippen LogP contribution in [0.1, 0.15) is 20.3 Å². The summed E-state index contributed by atoms with van der Waals surface area (Å²) in [6.45, 7) is 8.93. The van der Waals surface area contributed by atoms with E-state index in [4.69, 9.17) is 11.5 Å². The van der Waals surface area contributed by atoms with Crippen molar-refractivity contribution in [1.82, 2.24) is 0 Å². The Morgan fingerprint density at radius 3 is 2.06 bits per heavy atom. The summed E-state index contributed by atoms with van der Waals surface area (Å²) in [6.07, 6.45) is 1.10. The highest BCUT2D eigenvalue weighted by Gasteiger charge is 2.25. The average molecular weight is 431 g/mol. The molecule has 168 valence electrons. The molecule has 3 aromatic carbocycles. The van der Waals surface area contributed by atoms with Gasteiger partial charge in [0.05, 0.1) is 43.9 Å². The molecule has 0 unspecified atom stereocenters. The fraction of sp³-hybridized carbons (Fsp3) is 0.296. The van der Waals surface area contributed by atoms with Crippen molar-refractivity contribution < 1.29 is 14.5 Å². The van der Waals surface area contributed by atoms with E-state index in [1.165, 1.54) is 32.9 Å². The van der Waals surface area contributed by atoms with E-state index < -0.39 is 0 Å². The maximum Gasteiger partial charge on any atom is 0.220 e. The Balaban J connectivity index is 0.00000289. The Morgan fingerprint density at radius 2 is 1.41 bits per heavy atom. The fourth-order valence-electron chi connectivity index (χ4n) is 4.55. The van der Waals surface area contributed by atoms with E-state index in [1.807, 2.05) is 12.1 Å². The van der Waals surface area contributed by atoms with Gasteiger partial charge in [0, 0.05) is 28.4 Å². The molecule has 0 spiro atoms. The maximum absolute atomic E-state index is 6.25. The Labute approximate surface area is 190 Å². The van der Waals surface area contributed by atoms with Crippen LogP contribution < -0.4 is 16.0 Å². The highest BCUT2D eigenvalue weighted by molar-refractivity contribution is 6.10. The molecule has 4 aromatic rings. The van der Waals surface area contributed by atoms with Crippen molar-refractivity contribution in [2.75, 3.05) is 38.1 Å². The van der Waals surface area contributed by atoms with Crippen molar-refractivity contribution in [3.8, 4) is 11.3 Å². The highest BCUT2D eigenvalue weighted by atomic mass is 16.0. The number of hydrogen-bond donors (Lipinski definition) is 2. The largest absolute Gasteiger partial charge is 2.00 e. The number of anilines is 2. The molecule has 0 atom stereocenters. The van der Waals surface area contributed by atoms with Crippen LogP contribution in [0.4, 0.5) is 11.4 Å². The molecule has 0 saturated heterocycles. The van der Waals surface area contributed by atoms with Gasteiger partial charge in [0.1, 0.15) is 0 Å². The lowest BCUT2D eigenvalue weighted by atomic mass is 9.98. The SMILES string of the molecule is CC[N+](C)(CC)CCC[n+]1c(-c2ccccc2)c2cc(N)ccc2c2ccc(N)cc21.[O-2]. The van der Waals surface area contributed by atoms with E-state index in [2.05, 4.69) is 80.1 Å². The molecule has 0 aliphatic rings. The minimum atomic E-state index is 0. The summed E-state index contributed by atoms with van der Waals surface area (Å²) in [7, 11) is 2.35. The van der Waals surface area contributed by atoms with E-state index in [0.717, 1.165) is 48.5 Å². The summed E-state index contributed by atoms with van der Waals surface area (Å²) in [5, 5.41) is 3.61. The van der Waals surface area contributed by atoms with Crippen LogP contribution in [-0.2, 0) is 12.0 Å². The van der Waals surface area contributed by atoms with Crippen LogP contribution in [0.2, 0.25) is 0 Å². The minimum absolute atomic E-state index is 0. The first kappa shape index (κ1) is 23.5. The number of fused-ring (bicyclic) bond motifs is 3. The average Bonchev–Trinajstić information content (AvgIpc) is 2.79. The predicted molar refractivity (Wildman–Crippen MR) is 133 cm³/mol. The Morgan fingerprint density at radius 1 is 0.781 bits per heavy atom. The number of hydrogen-bond acceptors (Lipinski definition) is 2. The van der Waals surface area contributed by atoms with E-state index in [-0.39, 0.29) is 5.48 Å². The molecule has 4 rings (SSSR count). The van der Waals surface area contributed by atoms with Crippen LogP contribution in [0, 0.1) is 0 Å². The normalized spacial score (nSPS) is 11.6. The summed E-state index contributed by atoms with van der Waals surface area (Å²) in [6, 6.07) is 23.1. The van der Waals surface area contributed by atoms with Gasteiger partial charge in [0.2, 0.25) is 11.2 Å². The number of rotatable bonds is 7. The molecule has 0 aliphatic heterocycles. The lowest BCUT2D eigenvalue weighted by molar-refractivity contribution is -0.908. The van der Waals surface area contributed by atoms with Crippen molar-refractivity contribution in [3.63, 3.8) is 0 Å². The number of aryl methyl sites for hydroxylation is 1. The third kappa shape index (κ3) is 4.40. The minimum Gasteiger partial charge on any atom is -2.00 e. The van der Waals surface area contributed by atoms with Crippen molar-refractivity contribution in [2.45, 2.75) is 26.8 Å². The molecule has 0 saturated carbocycles. The van der Waals surface area contributed by atoms with Crippen LogP contribution in [0.3, 0.4) is 0 Å². The summed E-state index contributed by atoms with van der Waals surface area (Å²) in [5.41, 5.74) is 17.7. The Bertz CT molecular complexity index is 1220. The Kier molecular flexibility index (Phi) is 7.02. The zero-order valence-corrected chi connectivity index (χ0v) is 19.3. The second-order valence-electron chi connectivity index (χ2n) is 8.78. The first-order chi connectivity index (χ1) is 15.0. The number of nitrogens with two attached hydrogens (primary N) is 2. The molecular formula is C27H34N4O. The third-order valence-electron chi connectivity index (χ3n) is 6.83. The van der Waals surface area contributed by atoms with Gasteiger partial charge in [-0.15, -0.1) is 0 Å². The molecular weight excluding hydrogens is 396 g/mol. The van der Waals surface area contributed by atoms with Crippen LogP contribution in [0.5, 0.6) is 0 Å². The van der Waals surface area contributed by atoms with Gasteiger partial charge in [0.25, 0.3) is 0 Å². The summed E-state index contributed by atoms with van der Waals surface area (Å²) in [5.74, 6) is 0. The smallest absolute Gasteiger partial charge is 0.220 e.